The Bertz CT molecular complexity index is 339. The first-order valence-corrected chi connectivity index (χ1v) is 5.46. The number of rotatable bonds is 5. The average Bonchev–Trinajstić information content (AvgIpc) is 2.23. The van der Waals surface area contributed by atoms with Crippen molar-refractivity contribution >= 4 is 23.2 Å². The first kappa shape index (κ1) is 12.4. The van der Waals surface area contributed by atoms with Gasteiger partial charge < -0.3 is 10.5 Å². The summed E-state index contributed by atoms with van der Waals surface area (Å²) in [5, 5.41) is 0.601. The molecule has 0 bridgehead atoms. The summed E-state index contributed by atoms with van der Waals surface area (Å²) in [5.41, 5.74) is 7.94. The molecule has 0 aromatic heterocycles. The maximum absolute atomic E-state index is 6.02. The first-order valence-electron chi connectivity index (χ1n) is 4.65. The molecule has 0 atom stereocenters. The lowest BCUT2D eigenvalue weighted by molar-refractivity contribution is 0.359. The van der Waals surface area contributed by atoms with E-state index < -0.39 is 0 Å². The molecule has 0 aliphatic carbocycles. The van der Waals surface area contributed by atoms with Gasteiger partial charge in [-0.3, -0.25) is 0 Å². The van der Waals surface area contributed by atoms with Gasteiger partial charge in [0.25, 0.3) is 0 Å². The molecule has 82 valence electrons. The van der Waals surface area contributed by atoms with E-state index in [1.54, 1.807) is 12.1 Å². The summed E-state index contributed by atoms with van der Waals surface area (Å²) in [6.07, 6.45) is 2.46. The monoisotopic (exact) mass is 245 g/mol. The molecule has 1 aromatic carbocycles. The van der Waals surface area contributed by atoms with Crippen molar-refractivity contribution in [1.82, 2.24) is 0 Å². The van der Waals surface area contributed by atoms with Gasteiger partial charge >= 0.3 is 0 Å². The molecule has 15 heavy (non-hydrogen) atoms. The van der Waals surface area contributed by atoms with E-state index in [4.69, 9.17) is 33.7 Å². The average molecular weight is 246 g/mol. The number of hydrogen-bond acceptors (Lipinski definition) is 2. The van der Waals surface area contributed by atoms with Crippen LogP contribution in [0.2, 0.25) is 5.02 Å². The lowest BCUT2D eigenvalue weighted by atomic mass is 10.1. The number of nitrogens with two attached hydrogens (primary N) is 1. The number of hydrogen-bond donors (Lipinski definition) is 1. The molecule has 1 rings (SSSR count). The van der Waals surface area contributed by atoms with Crippen LogP contribution in [0.4, 0.5) is 0 Å². The van der Waals surface area contributed by atoms with Gasteiger partial charge in [0.1, 0.15) is 12.4 Å². The molecule has 0 unspecified atom stereocenters. The molecule has 0 aliphatic rings. The second kappa shape index (κ2) is 6.72. The summed E-state index contributed by atoms with van der Waals surface area (Å²) >= 11 is 11.4. The van der Waals surface area contributed by atoms with Crippen LogP contribution in [0.25, 0.3) is 0 Å². The van der Waals surface area contributed by atoms with Crippen LogP contribution in [-0.4, -0.2) is 13.2 Å². The van der Waals surface area contributed by atoms with Gasteiger partial charge in [-0.2, -0.15) is 0 Å². The van der Waals surface area contributed by atoms with Gasteiger partial charge in [-0.25, -0.2) is 0 Å². The lowest BCUT2D eigenvalue weighted by Gasteiger charge is -2.10. The van der Waals surface area contributed by atoms with Crippen LogP contribution in [0.3, 0.4) is 0 Å². The maximum Gasteiger partial charge on any atom is 0.141 e. The summed E-state index contributed by atoms with van der Waals surface area (Å²) in [5.74, 6) is 0.694. The van der Waals surface area contributed by atoms with Crippen LogP contribution in [-0.2, 0) is 6.42 Å². The molecule has 2 nitrogen and oxygen atoms in total. The molecule has 0 aliphatic heterocycles. The second-order valence-electron chi connectivity index (χ2n) is 2.94. The van der Waals surface area contributed by atoms with Crippen LogP contribution in [0.1, 0.15) is 5.56 Å². The van der Waals surface area contributed by atoms with Gasteiger partial charge in [-0.1, -0.05) is 35.3 Å². The Labute approximate surface area is 99.6 Å². The molecular formula is C11H13Cl2NO. The Morgan fingerprint density at radius 2 is 2.20 bits per heavy atom. The Hall–Kier alpha value is -0.700. The predicted octanol–water partition coefficient (Wildman–Crippen LogP) is 2.97. The molecule has 0 spiro atoms. The summed E-state index contributed by atoms with van der Waals surface area (Å²) in [4.78, 5) is 0. The normalized spacial score (nSPS) is 10.9. The predicted molar refractivity (Wildman–Crippen MR) is 64.7 cm³/mol. The highest BCUT2D eigenvalue weighted by Crippen LogP contribution is 2.28. The second-order valence-corrected chi connectivity index (χ2v) is 3.60. The molecule has 4 heteroatoms. The molecule has 0 saturated carbocycles. The van der Waals surface area contributed by atoms with Gasteiger partial charge in [0.2, 0.25) is 0 Å². The van der Waals surface area contributed by atoms with E-state index in [1.165, 1.54) is 5.54 Å². The van der Waals surface area contributed by atoms with E-state index in [2.05, 4.69) is 0 Å². The van der Waals surface area contributed by atoms with E-state index in [0.717, 1.165) is 12.0 Å². The minimum Gasteiger partial charge on any atom is -0.488 e. The molecule has 0 fully saturated rings. The summed E-state index contributed by atoms with van der Waals surface area (Å²) < 4.78 is 5.50. The van der Waals surface area contributed by atoms with Gasteiger partial charge in [-0.05, 0) is 30.7 Å². The third-order valence-electron chi connectivity index (χ3n) is 1.88. The van der Waals surface area contributed by atoms with Crippen molar-refractivity contribution < 1.29 is 4.74 Å². The molecule has 0 radical (unpaired) electrons. The smallest absolute Gasteiger partial charge is 0.141 e. The van der Waals surface area contributed by atoms with Gasteiger partial charge in [0.05, 0.1) is 5.02 Å². The van der Waals surface area contributed by atoms with Gasteiger partial charge in [-0.15, -0.1) is 0 Å². The minimum atomic E-state index is 0.408. The number of para-hydroxylation sites is 1. The topological polar surface area (TPSA) is 35.2 Å². The largest absolute Gasteiger partial charge is 0.488 e. The van der Waals surface area contributed by atoms with Crippen molar-refractivity contribution in [2.24, 2.45) is 5.73 Å². The summed E-state index contributed by atoms with van der Waals surface area (Å²) in [6, 6.07) is 5.64. The Morgan fingerprint density at radius 1 is 1.40 bits per heavy atom. The third kappa shape index (κ3) is 3.74. The van der Waals surface area contributed by atoms with E-state index in [0.29, 0.717) is 23.9 Å². The highest BCUT2D eigenvalue weighted by molar-refractivity contribution is 6.32. The number of benzene rings is 1. The van der Waals surface area contributed by atoms with Crippen molar-refractivity contribution in [2.75, 3.05) is 13.2 Å². The summed E-state index contributed by atoms with van der Waals surface area (Å²) in [7, 11) is 0. The fraction of sp³-hybridized carbons (Fsp3) is 0.273. The minimum absolute atomic E-state index is 0.408. The Balaban J connectivity index is 2.81. The Morgan fingerprint density at radius 3 is 2.87 bits per heavy atom. The van der Waals surface area contributed by atoms with E-state index in [-0.39, 0.29) is 0 Å². The van der Waals surface area contributed by atoms with Gasteiger partial charge in [0, 0.05) is 5.54 Å². The fourth-order valence-corrected chi connectivity index (χ4v) is 1.56. The zero-order chi connectivity index (χ0) is 11.1. The summed E-state index contributed by atoms with van der Waals surface area (Å²) in [6.45, 7) is 0.979. The number of ether oxygens (including phenoxy) is 1. The van der Waals surface area contributed by atoms with Crippen LogP contribution < -0.4 is 10.5 Å². The molecular weight excluding hydrogens is 233 g/mol. The maximum atomic E-state index is 6.02. The molecule has 0 amide bonds. The zero-order valence-corrected chi connectivity index (χ0v) is 9.76. The van der Waals surface area contributed by atoms with Crippen molar-refractivity contribution in [3.05, 3.63) is 40.4 Å². The first-order chi connectivity index (χ1) is 7.29. The molecule has 0 saturated heterocycles. The van der Waals surface area contributed by atoms with Crippen molar-refractivity contribution in [1.29, 1.82) is 0 Å². The van der Waals surface area contributed by atoms with Crippen LogP contribution in [0.15, 0.2) is 29.8 Å². The zero-order valence-electron chi connectivity index (χ0n) is 8.25. The van der Waals surface area contributed by atoms with Gasteiger partial charge in [0.15, 0.2) is 0 Å². The standard InChI is InChI=1S/C11H13Cl2NO/c12-6-2-8-15-11-9(5-7-14)3-1-4-10(11)13/h1-4,6H,5,7-8,14H2/b6-2+. The van der Waals surface area contributed by atoms with Crippen LogP contribution in [0.5, 0.6) is 5.75 Å². The highest BCUT2D eigenvalue weighted by Gasteiger charge is 2.06. The fourth-order valence-electron chi connectivity index (χ4n) is 1.24. The highest BCUT2D eigenvalue weighted by atomic mass is 35.5. The van der Waals surface area contributed by atoms with Crippen molar-refractivity contribution in [3.8, 4) is 5.75 Å². The third-order valence-corrected chi connectivity index (χ3v) is 2.35. The Kier molecular flexibility index (Phi) is 5.54. The molecule has 1 aromatic rings. The van der Waals surface area contributed by atoms with E-state index in [1.807, 2.05) is 12.1 Å². The van der Waals surface area contributed by atoms with E-state index >= 15 is 0 Å². The lowest BCUT2D eigenvalue weighted by Crippen LogP contribution is -2.05. The molecule has 0 heterocycles. The van der Waals surface area contributed by atoms with Crippen LogP contribution >= 0.6 is 23.2 Å². The van der Waals surface area contributed by atoms with E-state index in [9.17, 15) is 0 Å². The number of halogens is 2. The van der Waals surface area contributed by atoms with Crippen molar-refractivity contribution in [3.63, 3.8) is 0 Å². The SMILES string of the molecule is NCCc1cccc(Cl)c1OC/C=C/Cl. The quantitative estimate of drug-likeness (QED) is 0.866. The van der Waals surface area contributed by atoms with Crippen molar-refractivity contribution in [2.45, 2.75) is 6.42 Å². The molecule has 2 N–H and O–H groups in total. The van der Waals surface area contributed by atoms with Crippen LogP contribution in [0, 0.1) is 0 Å².